The van der Waals surface area contributed by atoms with Gasteiger partial charge in [0.1, 0.15) is 0 Å². The van der Waals surface area contributed by atoms with E-state index in [4.69, 9.17) is 0 Å². The second-order valence-corrected chi connectivity index (χ2v) is 7.15. The van der Waals surface area contributed by atoms with Crippen molar-refractivity contribution in [2.75, 3.05) is 52.4 Å². The molecule has 0 saturated carbocycles. The standard InChI is InChI=1S/C21H31N3O/c25-21(11-15-22-12-5-2-6-13-22)24-18-16-23(17-19-24)14-7-10-20-8-3-1-4-9-20/h1,3-4,7-10H,2,5-6,11-19H2/b10-7+. The van der Waals surface area contributed by atoms with Crippen molar-refractivity contribution in [2.45, 2.75) is 25.7 Å². The summed E-state index contributed by atoms with van der Waals surface area (Å²) in [4.78, 5) is 19.3. The summed E-state index contributed by atoms with van der Waals surface area (Å²) < 4.78 is 0. The van der Waals surface area contributed by atoms with Crippen molar-refractivity contribution in [3.8, 4) is 0 Å². The third-order valence-electron chi connectivity index (χ3n) is 5.29. The van der Waals surface area contributed by atoms with Gasteiger partial charge in [-0.15, -0.1) is 0 Å². The third-order valence-corrected chi connectivity index (χ3v) is 5.29. The molecule has 1 aromatic rings. The number of piperazine rings is 1. The summed E-state index contributed by atoms with van der Waals surface area (Å²) in [6, 6.07) is 10.4. The Hall–Kier alpha value is -1.65. The number of hydrogen-bond acceptors (Lipinski definition) is 3. The van der Waals surface area contributed by atoms with Crippen LogP contribution in [-0.2, 0) is 4.79 Å². The lowest BCUT2D eigenvalue weighted by atomic mass is 10.1. The fourth-order valence-electron chi connectivity index (χ4n) is 3.68. The predicted molar refractivity (Wildman–Crippen MR) is 103 cm³/mol. The number of benzene rings is 1. The molecule has 0 N–H and O–H groups in total. The first-order chi connectivity index (χ1) is 12.3. The molecule has 4 heteroatoms. The van der Waals surface area contributed by atoms with Gasteiger partial charge in [-0.3, -0.25) is 9.69 Å². The molecular formula is C21H31N3O. The molecule has 0 bridgehead atoms. The van der Waals surface area contributed by atoms with E-state index in [9.17, 15) is 4.79 Å². The van der Waals surface area contributed by atoms with Crippen LogP contribution in [0.2, 0.25) is 0 Å². The maximum atomic E-state index is 12.4. The molecule has 1 amide bonds. The van der Waals surface area contributed by atoms with Crippen molar-refractivity contribution >= 4 is 12.0 Å². The highest BCUT2D eigenvalue weighted by molar-refractivity contribution is 5.76. The molecule has 4 nitrogen and oxygen atoms in total. The van der Waals surface area contributed by atoms with Crippen LogP contribution in [0.1, 0.15) is 31.2 Å². The number of hydrogen-bond donors (Lipinski definition) is 0. The van der Waals surface area contributed by atoms with Gasteiger partial charge in [-0.2, -0.15) is 0 Å². The average molecular weight is 341 g/mol. The summed E-state index contributed by atoms with van der Waals surface area (Å²) >= 11 is 0. The average Bonchev–Trinajstić information content (AvgIpc) is 2.68. The normalized spacial score (nSPS) is 20.2. The summed E-state index contributed by atoms with van der Waals surface area (Å²) in [5.41, 5.74) is 1.24. The second kappa shape index (κ2) is 9.73. The maximum Gasteiger partial charge on any atom is 0.223 e. The minimum absolute atomic E-state index is 0.338. The molecule has 1 aromatic carbocycles. The molecular weight excluding hydrogens is 310 g/mol. The monoisotopic (exact) mass is 341 g/mol. The van der Waals surface area contributed by atoms with Crippen LogP contribution in [0.3, 0.4) is 0 Å². The first kappa shape index (κ1) is 18.2. The maximum absolute atomic E-state index is 12.4. The van der Waals surface area contributed by atoms with Gasteiger partial charge < -0.3 is 9.80 Å². The Balaban J connectivity index is 1.33. The van der Waals surface area contributed by atoms with Crippen LogP contribution in [0, 0.1) is 0 Å². The highest BCUT2D eigenvalue weighted by Crippen LogP contribution is 2.10. The Morgan fingerprint density at radius 3 is 2.32 bits per heavy atom. The fraction of sp³-hybridized carbons (Fsp3) is 0.571. The van der Waals surface area contributed by atoms with Crippen molar-refractivity contribution < 1.29 is 4.79 Å². The number of nitrogens with zero attached hydrogens (tertiary/aromatic N) is 3. The number of likely N-dealkylation sites (tertiary alicyclic amines) is 1. The highest BCUT2D eigenvalue weighted by atomic mass is 16.2. The molecule has 0 atom stereocenters. The molecule has 136 valence electrons. The predicted octanol–water partition coefficient (Wildman–Crippen LogP) is 2.72. The number of carbonyl (C=O) groups is 1. The van der Waals surface area contributed by atoms with Gasteiger partial charge in [0.25, 0.3) is 0 Å². The molecule has 2 fully saturated rings. The minimum atomic E-state index is 0.338. The van der Waals surface area contributed by atoms with E-state index in [2.05, 4.69) is 51.1 Å². The lowest BCUT2D eigenvalue weighted by molar-refractivity contribution is -0.133. The van der Waals surface area contributed by atoms with Crippen LogP contribution in [0.4, 0.5) is 0 Å². The molecule has 2 heterocycles. The molecule has 2 saturated heterocycles. The van der Waals surface area contributed by atoms with Crippen molar-refractivity contribution in [2.24, 2.45) is 0 Å². The van der Waals surface area contributed by atoms with Crippen LogP contribution in [0.5, 0.6) is 0 Å². The van der Waals surface area contributed by atoms with Crippen molar-refractivity contribution in [3.63, 3.8) is 0 Å². The van der Waals surface area contributed by atoms with E-state index < -0.39 is 0 Å². The SMILES string of the molecule is O=C(CCN1CCCCC1)N1CCN(C/C=C/c2ccccc2)CC1. The van der Waals surface area contributed by atoms with E-state index in [1.54, 1.807) is 0 Å². The van der Waals surface area contributed by atoms with Gasteiger partial charge in [0, 0.05) is 45.7 Å². The quantitative estimate of drug-likeness (QED) is 0.796. The van der Waals surface area contributed by atoms with Gasteiger partial charge in [-0.25, -0.2) is 0 Å². The Morgan fingerprint density at radius 2 is 1.60 bits per heavy atom. The first-order valence-electron chi connectivity index (χ1n) is 9.75. The molecule has 0 unspecified atom stereocenters. The van der Waals surface area contributed by atoms with Gasteiger partial charge in [0.2, 0.25) is 5.91 Å². The molecule has 25 heavy (non-hydrogen) atoms. The van der Waals surface area contributed by atoms with Gasteiger partial charge in [-0.1, -0.05) is 48.9 Å². The van der Waals surface area contributed by atoms with Crippen LogP contribution in [-0.4, -0.2) is 73.0 Å². The van der Waals surface area contributed by atoms with Crippen LogP contribution in [0.25, 0.3) is 6.08 Å². The molecule has 2 aliphatic rings. The zero-order valence-electron chi connectivity index (χ0n) is 15.3. The van der Waals surface area contributed by atoms with Crippen LogP contribution >= 0.6 is 0 Å². The zero-order valence-corrected chi connectivity index (χ0v) is 15.3. The molecule has 3 rings (SSSR count). The third kappa shape index (κ3) is 5.98. The van der Waals surface area contributed by atoms with E-state index in [0.717, 1.165) is 39.3 Å². The lowest BCUT2D eigenvalue weighted by Gasteiger charge is -2.35. The summed E-state index contributed by atoms with van der Waals surface area (Å²) in [6.07, 6.45) is 9.03. The molecule has 0 radical (unpaired) electrons. The van der Waals surface area contributed by atoms with Crippen LogP contribution in [0.15, 0.2) is 36.4 Å². The Bertz CT molecular complexity index is 544. The number of amides is 1. The van der Waals surface area contributed by atoms with Gasteiger partial charge >= 0.3 is 0 Å². The highest BCUT2D eigenvalue weighted by Gasteiger charge is 2.21. The second-order valence-electron chi connectivity index (χ2n) is 7.15. The summed E-state index contributed by atoms with van der Waals surface area (Å²) in [5, 5.41) is 0. The molecule has 2 aliphatic heterocycles. The summed E-state index contributed by atoms with van der Waals surface area (Å²) in [6.45, 7) is 7.96. The summed E-state index contributed by atoms with van der Waals surface area (Å²) in [5.74, 6) is 0.338. The van der Waals surface area contributed by atoms with Crippen molar-refractivity contribution in [1.82, 2.24) is 14.7 Å². The topological polar surface area (TPSA) is 26.8 Å². The van der Waals surface area contributed by atoms with Crippen LogP contribution < -0.4 is 0 Å². The number of rotatable bonds is 6. The molecule has 0 spiro atoms. The zero-order chi connectivity index (χ0) is 17.3. The molecule has 0 aromatic heterocycles. The van der Waals surface area contributed by atoms with Gasteiger partial charge in [0.15, 0.2) is 0 Å². The van der Waals surface area contributed by atoms with Crippen molar-refractivity contribution in [3.05, 3.63) is 42.0 Å². The Morgan fingerprint density at radius 1 is 0.880 bits per heavy atom. The summed E-state index contributed by atoms with van der Waals surface area (Å²) in [7, 11) is 0. The largest absolute Gasteiger partial charge is 0.340 e. The van der Waals surface area contributed by atoms with E-state index in [0.29, 0.717) is 12.3 Å². The fourth-order valence-corrected chi connectivity index (χ4v) is 3.68. The lowest BCUT2D eigenvalue weighted by Crippen LogP contribution is -2.49. The smallest absolute Gasteiger partial charge is 0.223 e. The number of piperidine rings is 1. The molecule has 0 aliphatic carbocycles. The van der Waals surface area contributed by atoms with Gasteiger partial charge in [-0.05, 0) is 31.5 Å². The van der Waals surface area contributed by atoms with E-state index >= 15 is 0 Å². The van der Waals surface area contributed by atoms with Crippen molar-refractivity contribution in [1.29, 1.82) is 0 Å². The Labute approximate surface area is 152 Å². The number of carbonyl (C=O) groups excluding carboxylic acids is 1. The Kier molecular flexibility index (Phi) is 7.07. The first-order valence-corrected chi connectivity index (χ1v) is 9.75. The van der Waals surface area contributed by atoms with Gasteiger partial charge in [0.05, 0.1) is 0 Å². The van der Waals surface area contributed by atoms with E-state index in [1.807, 2.05) is 6.07 Å². The van der Waals surface area contributed by atoms with E-state index in [1.165, 1.54) is 37.9 Å². The minimum Gasteiger partial charge on any atom is -0.340 e. The van der Waals surface area contributed by atoms with E-state index in [-0.39, 0.29) is 0 Å².